The molecular weight excluding hydrogens is 280 g/mol. The van der Waals surface area contributed by atoms with Crippen molar-refractivity contribution in [2.45, 2.75) is 25.3 Å². The second-order valence-corrected chi connectivity index (χ2v) is 5.33. The molecule has 2 N–H and O–H groups in total. The number of hydrogen-bond acceptors (Lipinski definition) is 3. The summed E-state index contributed by atoms with van der Waals surface area (Å²) in [5.41, 5.74) is 0.656. The predicted molar refractivity (Wildman–Crippen MR) is 84.2 cm³/mol. The lowest BCUT2D eigenvalue weighted by Gasteiger charge is -2.12. The zero-order chi connectivity index (χ0) is 15.4. The summed E-state index contributed by atoms with van der Waals surface area (Å²) in [4.78, 5) is 16.3. The van der Waals surface area contributed by atoms with Gasteiger partial charge in [0.25, 0.3) is 0 Å². The van der Waals surface area contributed by atoms with Gasteiger partial charge in [0, 0.05) is 31.4 Å². The number of carbonyl (C=O) groups excluding carboxylic acids is 1. The number of anilines is 1. The highest BCUT2D eigenvalue weighted by Gasteiger charge is 2.27. The quantitative estimate of drug-likeness (QED) is 0.861. The number of benzene rings is 1. The number of methoxy groups -OCH3 is 1. The molecule has 1 heterocycles. The van der Waals surface area contributed by atoms with E-state index in [1.807, 2.05) is 30.6 Å². The van der Waals surface area contributed by atoms with Gasteiger partial charge < -0.3 is 19.9 Å². The Bertz CT molecular complexity index is 649. The molecule has 1 aliphatic rings. The summed E-state index contributed by atoms with van der Waals surface area (Å²) in [5, 5.41) is 5.64. The molecule has 1 fully saturated rings. The normalized spacial score (nSPS) is 13.7. The van der Waals surface area contributed by atoms with Gasteiger partial charge in [-0.05, 0) is 25.0 Å². The molecular formula is C16H20N4O2. The fourth-order valence-corrected chi connectivity index (χ4v) is 2.42. The number of imidazole rings is 1. The molecule has 2 amide bonds. The van der Waals surface area contributed by atoms with Crippen molar-refractivity contribution in [1.29, 1.82) is 0 Å². The summed E-state index contributed by atoms with van der Waals surface area (Å²) in [7, 11) is 1.58. The van der Waals surface area contributed by atoms with Crippen molar-refractivity contribution in [3.63, 3.8) is 0 Å². The van der Waals surface area contributed by atoms with E-state index < -0.39 is 0 Å². The summed E-state index contributed by atoms with van der Waals surface area (Å²) in [6.07, 6.45) is 6.23. The minimum absolute atomic E-state index is 0.238. The summed E-state index contributed by atoms with van der Waals surface area (Å²) in [6, 6.07) is 7.09. The van der Waals surface area contributed by atoms with Gasteiger partial charge in [0.15, 0.2) is 0 Å². The van der Waals surface area contributed by atoms with Crippen LogP contribution in [-0.4, -0.2) is 29.2 Å². The molecule has 1 aromatic heterocycles. The fraction of sp³-hybridized carbons (Fsp3) is 0.375. The van der Waals surface area contributed by atoms with E-state index >= 15 is 0 Å². The van der Waals surface area contributed by atoms with Crippen molar-refractivity contribution >= 4 is 11.7 Å². The lowest BCUT2D eigenvalue weighted by molar-refractivity contribution is 0.251. The molecule has 22 heavy (non-hydrogen) atoms. The zero-order valence-corrected chi connectivity index (χ0v) is 12.6. The van der Waals surface area contributed by atoms with Gasteiger partial charge in [0.05, 0.1) is 12.8 Å². The van der Waals surface area contributed by atoms with Crippen molar-refractivity contribution in [2.75, 3.05) is 19.0 Å². The van der Waals surface area contributed by atoms with E-state index in [4.69, 9.17) is 4.74 Å². The van der Waals surface area contributed by atoms with Crippen molar-refractivity contribution < 1.29 is 9.53 Å². The number of rotatable bonds is 6. The molecule has 1 saturated carbocycles. The highest BCUT2D eigenvalue weighted by molar-refractivity contribution is 5.90. The summed E-state index contributed by atoms with van der Waals surface area (Å²) >= 11 is 0. The van der Waals surface area contributed by atoms with Crippen LogP contribution in [0.15, 0.2) is 36.7 Å². The Labute approximate surface area is 129 Å². The molecule has 0 aliphatic heterocycles. The van der Waals surface area contributed by atoms with E-state index in [2.05, 4.69) is 20.2 Å². The first-order chi connectivity index (χ1) is 10.8. The second kappa shape index (κ2) is 6.51. The number of para-hydroxylation sites is 2. The highest BCUT2D eigenvalue weighted by atomic mass is 16.5. The van der Waals surface area contributed by atoms with E-state index in [-0.39, 0.29) is 6.03 Å². The van der Waals surface area contributed by atoms with Crippen LogP contribution < -0.4 is 15.4 Å². The number of nitrogens with zero attached hydrogens (tertiary/aromatic N) is 2. The highest BCUT2D eigenvalue weighted by Crippen LogP contribution is 2.38. The van der Waals surface area contributed by atoms with Gasteiger partial charge in [-0.3, -0.25) is 0 Å². The van der Waals surface area contributed by atoms with Crippen molar-refractivity contribution in [2.24, 2.45) is 0 Å². The van der Waals surface area contributed by atoms with E-state index in [1.165, 1.54) is 12.8 Å². The number of carbonyl (C=O) groups is 1. The standard InChI is InChI=1S/C16H20N4O2/c1-22-14-5-3-2-4-13(14)19-16(21)18-9-11-20-10-8-17-15(20)12-6-7-12/h2-5,8,10,12H,6-7,9,11H2,1H3,(H2,18,19,21). The smallest absolute Gasteiger partial charge is 0.319 e. The zero-order valence-electron chi connectivity index (χ0n) is 12.6. The lowest BCUT2D eigenvalue weighted by Crippen LogP contribution is -2.31. The fourth-order valence-electron chi connectivity index (χ4n) is 2.42. The first kappa shape index (κ1) is 14.4. The van der Waals surface area contributed by atoms with Crippen LogP contribution in [0.2, 0.25) is 0 Å². The van der Waals surface area contributed by atoms with Crippen LogP contribution >= 0.6 is 0 Å². The third-order valence-corrected chi connectivity index (χ3v) is 3.68. The molecule has 0 unspecified atom stereocenters. The van der Waals surface area contributed by atoms with Crippen LogP contribution in [0.5, 0.6) is 5.75 Å². The summed E-state index contributed by atoms with van der Waals surface area (Å²) in [5.74, 6) is 2.38. The predicted octanol–water partition coefficient (Wildman–Crippen LogP) is 2.59. The van der Waals surface area contributed by atoms with E-state index in [0.29, 0.717) is 23.9 Å². The maximum atomic E-state index is 11.9. The largest absolute Gasteiger partial charge is 0.495 e. The minimum Gasteiger partial charge on any atom is -0.495 e. The van der Waals surface area contributed by atoms with Crippen LogP contribution in [0.1, 0.15) is 24.6 Å². The molecule has 0 radical (unpaired) electrons. The molecule has 3 rings (SSSR count). The Hall–Kier alpha value is -2.50. The first-order valence-corrected chi connectivity index (χ1v) is 7.47. The molecule has 1 aliphatic carbocycles. The molecule has 0 saturated heterocycles. The first-order valence-electron chi connectivity index (χ1n) is 7.47. The van der Waals surface area contributed by atoms with E-state index in [9.17, 15) is 4.79 Å². The molecule has 116 valence electrons. The van der Waals surface area contributed by atoms with Crippen LogP contribution in [0, 0.1) is 0 Å². The molecule has 0 atom stereocenters. The molecule has 6 heteroatoms. The van der Waals surface area contributed by atoms with Gasteiger partial charge in [-0.1, -0.05) is 12.1 Å². The maximum absolute atomic E-state index is 11.9. The Morgan fingerprint density at radius 3 is 3.00 bits per heavy atom. The van der Waals surface area contributed by atoms with Crippen molar-refractivity contribution in [1.82, 2.24) is 14.9 Å². The minimum atomic E-state index is -0.238. The van der Waals surface area contributed by atoms with Crippen molar-refractivity contribution in [3.05, 3.63) is 42.5 Å². The summed E-state index contributed by atoms with van der Waals surface area (Å²) < 4.78 is 7.32. The number of ether oxygens (including phenoxy) is 1. The van der Waals surface area contributed by atoms with E-state index in [0.717, 1.165) is 12.4 Å². The molecule has 1 aromatic carbocycles. The van der Waals surface area contributed by atoms with Crippen LogP contribution in [0.4, 0.5) is 10.5 Å². The number of nitrogens with one attached hydrogen (secondary N) is 2. The monoisotopic (exact) mass is 300 g/mol. The second-order valence-electron chi connectivity index (χ2n) is 5.33. The van der Waals surface area contributed by atoms with Crippen LogP contribution in [0.3, 0.4) is 0 Å². The van der Waals surface area contributed by atoms with Gasteiger partial charge in [-0.15, -0.1) is 0 Å². The summed E-state index contributed by atoms with van der Waals surface area (Å²) in [6.45, 7) is 1.28. The van der Waals surface area contributed by atoms with Gasteiger partial charge in [0.2, 0.25) is 0 Å². The Balaban J connectivity index is 1.49. The van der Waals surface area contributed by atoms with Crippen LogP contribution in [-0.2, 0) is 6.54 Å². The van der Waals surface area contributed by atoms with E-state index in [1.54, 1.807) is 13.2 Å². The average molecular weight is 300 g/mol. The molecule has 6 nitrogen and oxygen atoms in total. The SMILES string of the molecule is COc1ccccc1NC(=O)NCCn1ccnc1C1CC1. The Morgan fingerprint density at radius 1 is 1.41 bits per heavy atom. The van der Waals surface area contributed by atoms with Gasteiger partial charge in [0.1, 0.15) is 11.6 Å². The maximum Gasteiger partial charge on any atom is 0.319 e. The Morgan fingerprint density at radius 2 is 2.23 bits per heavy atom. The van der Waals surface area contributed by atoms with Gasteiger partial charge in [-0.2, -0.15) is 0 Å². The number of hydrogen-bond donors (Lipinski definition) is 2. The molecule has 0 spiro atoms. The number of amides is 2. The number of urea groups is 1. The number of aromatic nitrogens is 2. The van der Waals surface area contributed by atoms with Crippen LogP contribution in [0.25, 0.3) is 0 Å². The van der Waals surface area contributed by atoms with Gasteiger partial charge in [-0.25, -0.2) is 9.78 Å². The molecule has 0 bridgehead atoms. The molecule has 2 aromatic rings. The topological polar surface area (TPSA) is 68.2 Å². The van der Waals surface area contributed by atoms with Gasteiger partial charge >= 0.3 is 6.03 Å². The third-order valence-electron chi connectivity index (χ3n) is 3.68. The third kappa shape index (κ3) is 3.39. The average Bonchev–Trinajstić information content (AvgIpc) is 3.27. The van der Waals surface area contributed by atoms with Crippen molar-refractivity contribution in [3.8, 4) is 5.75 Å². The lowest BCUT2D eigenvalue weighted by atomic mass is 10.3. The Kier molecular flexibility index (Phi) is 4.27.